The number of amides is 5. The molecule has 3 aromatic heterocycles. The number of rotatable bonds is 7. The molecule has 0 saturated carbocycles. The second-order valence-corrected chi connectivity index (χ2v) is 13.1. The third kappa shape index (κ3) is 6.32. The van der Waals surface area contributed by atoms with Crippen LogP contribution in [-0.4, -0.2) is 69.0 Å². The van der Waals surface area contributed by atoms with E-state index in [4.69, 9.17) is 4.98 Å². The van der Waals surface area contributed by atoms with Crippen molar-refractivity contribution in [2.45, 2.75) is 31.8 Å². The van der Waals surface area contributed by atoms with E-state index < -0.39 is 11.9 Å². The Hall–Kier alpha value is -7.13. The minimum absolute atomic E-state index is 0.153. The van der Waals surface area contributed by atoms with Crippen LogP contribution in [0.2, 0.25) is 0 Å². The molecular formula is C42H33N7O5. The van der Waals surface area contributed by atoms with Gasteiger partial charge in [0.25, 0.3) is 17.7 Å². The molecule has 12 nitrogen and oxygen atoms in total. The van der Waals surface area contributed by atoms with Gasteiger partial charge in [-0.1, -0.05) is 42.2 Å². The first kappa shape index (κ1) is 34.0. The normalized spacial score (nSPS) is 15.1. The maximum atomic E-state index is 13.1. The van der Waals surface area contributed by atoms with Crippen molar-refractivity contribution in [1.29, 1.82) is 0 Å². The molecule has 2 aliphatic rings. The molecule has 5 heterocycles. The van der Waals surface area contributed by atoms with Crippen molar-refractivity contribution in [2.75, 3.05) is 13.6 Å². The lowest BCUT2D eigenvalue weighted by Crippen LogP contribution is -2.52. The molecule has 2 aliphatic heterocycles. The maximum Gasteiger partial charge on any atom is 0.269 e. The van der Waals surface area contributed by atoms with Crippen molar-refractivity contribution >= 4 is 51.2 Å². The Labute approximate surface area is 309 Å². The third-order valence-corrected chi connectivity index (χ3v) is 9.86. The van der Waals surface area contributed by atoms with Gasteiger partial charge in [-0.3, -0.25) is 39.3 Å². The van der Waals surface area contributed by atoms with Crippen LogP contribution < -0.4 is 16.0 Å². The molecular weight excluding hydrogens is 683 g/mol. The summed E-state index contributed by atoms with van der Waals surface area (Å²) in [5.41, 5.74) is 7.10. The van der Waals surface area contributed by atoms with Gasteiger partial charge in [-0.15, -0.1) is 0 Å². The van der Waals surface area contributed by atoms with Crippen LogP contribution in [0.3, 0.4) is 0 Å². The van der Waals surface area contributed by atoms with Crippen LogP contribution in [0.5, 0.6) is 0 Å². The lowest BCUT2D eigenvalue weighted by molar-refractivity contribution is -0.136. The quantitative estimate of drug-likeness (QED) is 0.105. The number of aromatic amines is 1. The SMILES string of the molecule is CNC(=O)c1c[nH]c2ccc(-c3cccc4cc(-c5ccc(C(=O)NCCC#Cc6cccc7c6CN(C6CCC(=O)NC6=O)C7=O)nc5)ncc34)cc12. The van der Waals surface area contributed by atoms with E-state index >= 15 is 0 Å². The first-order valence-electron chi connectivity index (χ1n) is 17.5. The van der Waals surface area contributed by atoms with Crippen LogP contribution in [0.15, 0.2) is 91.4 Å². The van der Waals surface area contributed by atoms with Crippen molar-refractivity contribution in [3.63, 3.8) is 0 Å². The number of nitrogens with zero attached hydrogens (tertiary/aromatic N) is 3. The molecule has 0 spiro atoms. The smallest absolute Gasteiger partial charge is 0.269 e. The standard InChI is InChI=1S/C42H33N7O5/c1-43-39(51)32-22-46-34-13-11-26(18-30(32)34)28-9-5-8-25-19-36(47-21-31(25)28)27-12-14-35(45-20-27)40(52)44-17-3-2-6-24-7-4-10-29-33(24)23-49(42(29)54)37-15-16-38(50)48-41(37)53/h4-5,7-14,18-22,37,46H,3,15-17,23H2,1H3,(H,43,51)(H,44,52)(H,48,50,53). The number of hydrogen-bond acceptors (Lipinski definition) is 7. The molecule has 8 rings (SSSR count). The number of H-pyrrole nitrogens is 1. The number of hydrogen-bond donors (Lipinski definition) is 4. The first-order chi connectivity index (χ1) is 26.3. The number of benzene rings is 3. The Morgan fingerprint density at radius 3 is 2.56 bits per heavy atom. The molecule has 4 N–H and O–H groups in total. The molecule has 5 amide bonds. The predicted octanol–water partition coefficient (Wildman–Crippen LogP) is 4.74. The second kappa shape index (κ2) is 14.1. The number of fused-ring (bicyclic) bond motifs is 3. The monoisotopic (exact) mass is 715 g/mol. The molecule has 1 fully saturated rings. The summed E-state index contributed by atoms with van der Waals surface area (Å²) >= 11 is 0. The van der Waals surface area contributed by atoms with Gasteiger partial charge in [0.15, 0.2) is 0 Å². The highest BCUT2D eigenvalue weighted by Crippen LogP contribution is 2.33. The highest BCUT2D eigenvalue weighted by Gasteiger charge is 2.39. The Bertz CT molecular complexity index is 2600. The van der Waals surface area contributed by atoms with E-state index in [9.17, 15) is 24.0 Å². The largest absolute Gasteiger partial charge is 0.360 e. The van der Waals surface area contributed by atoms with Gasteiger partial charge >= 0.3 is 0 Å². The second-order valence-electron chi connectivity index (χ2n) is 13.1. The summed E-state index contributed by atoms with van der Waals surface area (Å²) in [5.74, 6) is 4.67. The molecule has 0 aliphatic carbocycles. The maximum absolute atomic E-state index is 13.1. The van der Waals surface area contributed by atoms with Gasteiger partial charge in [-0.25, -0.2) is 0 Å². The molecule has 0 bridgehead atoms. The molecule has 0 radical (unpaired) electrons. The lowest BCUT2D eigenvalue weighted by atomic mass is 9.97. The Morgan fingerprint density at radius 2 is 1.74 bits per heavy atom. The molecule has 6 aromatic rings. The van der Waals surface area contributed by atoms with E-state index in [-0.39, 0.29) is 42.3 Å². The highest BCUT2D eigenvalue weighted by atomic mass is 16.2. The molecule has 1 unspecified atom stereocenters. The fourth-order valence-corrected chi connectivity index (χ4v) is 7.06. The highest BCUT2D eigenvalue weighted by molar-refractivity contribution is 6.09. The van der Waals surface area contributed by atoms with Crippen LogP contribution in [0.4, 0.5) is 0 Å². The van der Waals surface area contributed by atoms with Crippen LogP contribution in [0, 0.1) is 11.8 Å². The van der Waals surface area contributed by atoms with E-state index in [1.165, 1.54) is 4.90 Å². The zero-order valence-corrected chi connectivity index (χ0v) is 29.2. The molecule has 1 saturated heterocycles. The van der Waals surface area contributed by atoms with Gasteiger partial charge in [-0.2, -0.15) is 0 Å². The molecule has 54 heavy (non-hydrogen) atoms. The summed E-state index contributed by atoms with van der Waals surface area (Å²) in [6.45, 7) is 0.539. The summed E-state index contributed by atoms with van der Waals surface area (Å²) < 4.78 is 0. The minimum Gasteiger partial charge on any atom is -0.360 e. The van der Waals surface area contributed by atoms with Gasteiger partial charge in [-0.05, 0) is 71.0 Å². The van der Waals surface area contributed by atoms with Gasteiger partial charge < -0.3 is 20.5 Å². The number of imide groups is 1. The van der Waals surface area contributed by atoms with Crippen molar-refractivity contribution < 1.29 is 24.0 Å². The average Bonchev–Trinajstić information content (AvgIpc) is 3.78. The fourth-order valence-electron chi connectivity index (χ4n) is 7.06. The average molecular weight is 716 g/mol. The number of nitrogens with one attached hydrogen (secondary N) is 4. The van der Waals surface area contributed by atoms with Crippen molar-refractivity contribution in [1.82, 2.24) is 35.8 Å². The van der Waals surface area contributed by atoms with E-state index in [0.29, 0.717) is 41.8 Å². The number of piperidine rings is 1. The summed E-state index contributed by atoms with van der Waals surface area (Å²) in [7, 11) is 1.61. The third-order valence-electron chi connectivity index (χ3n) is 9.86. The number of carbonyl (C=O) groups is 5. The van der Waals surface area contributed by atoms with Crippen LogP contribution in [0.25, 0.3) is 44.1 Å². The zero-order chi connectivity index (χ0) is 37.3. The minimum atomic E-state index is -0.691. The topological polar surface area (TPSA) is 166 Å². The number of aromatic nitrogens is 3. The van der Waals surface area contributed by atoms with Gasteiger partial charge in [0.05, 0.1) is 11.3 Å². The molecule has 1 atom stereocenters. The summed E-state index contributed by atoms with van der Waals surface area (Å²) in [6, 6.07) is 22.1. The Morgan fingerprint density at radius 1 is 0.907 bits per heavy atom. The lowest BCUT2D eigenvalue weighted by Gasteiger charge is -2.29. The predicted molar refractivity (Wildman–Crippen MR) is 202 cm³/mol. The van der Waals surface area contributed by atoms with E-state index in [1.807, 2.05) is 60.8 Å². The molecule has 3 aromatic carbocycles. The summed E-state index contributed by atoms with van der Waals surface area (Å²) in [5, 5.41) is 10.6. The van der Waals surface area contributed by atoms with Crippen LogP contribution >= 0.6 is 0 Å². The van der Waals surface area contributed by atoms with Crippen molar-refractivity contribution in [3.05, 3.63) is 119 Å². The fraction of sp³-hybridized carbons (Fsp3) is 0.167. The summed E-state index contributed by atoms with van der Waals surface area (Å²) in [6.07, 6.45) is 6.03. The molecule has 266 valence electrons. The van der Waals surface area contributed by atoms with Crippen molar-refractivity contribution in [2.24, 2.45) is 0 Å². The molecule has 12 heteroatoms. The van der Waals surface area contributed by atoms with E-state index in [0.717, 1.165) is 43.9 Å². The van der Waals surface area contributed by atoms with Crippen LogP contribution in [0.1, 0.15) is 61.6 Å². The van der Waals surface area contributed by atoms with E-state index in [1.54, 1.807) is 37.6 Å². The summed E-state index contributed by atoms with van der Waals surface area (Å²) in [4.78, 5) is 76.1. The Kier molecular flexibility index (Phi) is 8.89. The van der Waals surface area contributed by atoms with Gasteiger partial charge in [0.2, 0.25) is 11.8 Å². The number of pyridine rings is 2. The first-order valence-corrected chi connectivity index (χ1v) is 17.5. The van der Waals surface area contributed by atoms with Crippen molar-refractivity contribution in [3.8, 4) is 34.2 Å². The Balaban J connectivity index is 0.904. The van der Waals surface area contributed by atoms with Crippen LogP contribution in [-0.2, 0) is 16.1 Å². The number of carbonyl (C=O) groups excluding carboxylic acids is 5. The zero-order valence-electron chi connectivity index (χ0n) is 29.2. The van der Waals surface area contributed by atoms with Gasteiger partial charge in [0.1, 0.15) is 11.7 Å². The van der Waals surface area contributed by atoms with Gasteiger partial charge in [0, 0.05) is 84.5 Å². The van der Waals surface area contributed by atoms with E-state index in [2.05, 4.69) is 37.8 Å².